The van der Waals surface area contributed by atoms with Crippen molar-refractivity contribution >= 4 is 17.5 Å². The van der Waals surface area contributed by atoms with Crippen molar-refractivity contribution in [3.63, 3.8) is 0 Å². The van der Waals surface area contributed by atoms with Crippen molar-refractivity contribution in [2.45, 2.75) is 25.4 Å². The third-order valence-electron chi connectivity index (χ3n) is 5.62. The number of nitrogens with one attached hydrogen (secondary N) is 1. The summed E-state index contributed by atoms with van der Waals surface area (Å²) < 4.78 is 12.3. The number of nitrogens with zero attached hydrogens (tertiary/aromatic N) is 5. The van der Waals surface area contributed by atoms with Gasteiger partial charge in [-0.25, -0.2) is 0 Å². The molecule has 4 rings (SSSR count). The van der Waals surface area contributed by atoms with Crippen LogP contribution in [0.4, 0.5) is 0 Å². The van der Waals surface area contributed by atoms with Crippen molar-refractivity contribution in [2.75, 3.05) is 27.3 Å². The van der Waals surface area contributed by atoms with Crippen LogP contribution in [-0.4, -0.2) is 64.4 Å². The van der Waals surface area contributed by atoms with Crippen molar-refractivity contribution in [3.05, 3.63) is 58.9 Å². The molecule has 0 atom stereocenters. The Morgan fingerprint density at radius 1 is 1.16 bits per heavy atom. The van der Waals surface area contributed by atoms with Crippen LogP contribution in [0.5, 0.6) is 11.5 Å². The average Bonchev–Trinajstić information content (AvgIpc) is 3.35. The number of amides is 1. The minimum absolute atomic E-state index is 0.0825. The van der Waals surface area contributed by atoms with Crippen molar-refractivity contribution in [1.29, 1.82) is 0 Å². The molecule has 10 heteroatoms. The highest BCUT2D eigenvalue weighted by Gasteiger charge is 2.24. The molecule has 32 heavy (non-hydrogen) atoms. The first-order chi connectivity index (χ1) is 15.6. The van der Waals surface area contributed by atoms with Crippen LogP contribution in [0.3, 0.4) is 0 Å². The quantitative estimate of drug-likeness (QED) is 0.584. The molecule has 9 nitrogen and oxygen atoms in total. The van der Waals surface area contributed by atoms with Gasteiger partial charge in [0.1, 0.15) is 17.8 Å². The number of rotatable bonds is 7. The standard InChI is InChI=1S/C22H25ClN6O3/c1-31-20-6-4-3-5-15(20)13-28-9-7-16(8-10-28)25-22(30)17-11-18(23)19(12-21(17)32-2)29-14-24-26-27-29/h3-6,11-12,14,16H,7-10,13H2,1-2H3,(H,25,30). The summed E-state index contributed by atoms with van der Waals surface area (Å²) in [6.07, 6.45) is 3.15. The first kappa shape index (κ1) is 22.0. The lowest BCUT2D eigenvalue weighted by Crippen LogP contribution is -2.44. The van der Waals surface area contributed by atoms with E-state index < -0.39 is 0 Å². The van der Waals surface area contributed by atoms with Crippen molar-refractivity contribution < 1.29 is 14.3 Å². The van der Waals surface area contributed by atoms with Crippen molar-refractivity contribution in [1.82, 2.24) is 30.4 Å². The van der Waals surface area contributed by atoms with Crippen LogP contribution in [-0.2, 0) is 6.54 Å². The number of benzene rings is 2. The molecule has 1 N–H and O–H groups in total. The average molecular weight is 457 g/mol. The van der Waals surface area contributed by atoms with Crippen LogP contribution >= 0.6 is 11.6 Å². The molecule has 0 radical (unpaired) electrons. The first-order valence-electron chi connectivity index (χ1n) is 10.3. The zero-order chi connectivity index (χ0) is 22.5. The van der Waals surface area contributed by atoms with E-state index in [1.807, 2.05) is 18.2 Å². The highest BCUT2D eigenvalue weighted by atomic mass is 35.5. The third-order valence-corrected chi connectivity index (χ3v) is 5.92. The number of para-hydroxylation sites is 1. The Morgan fingerprint density at radius 3 is 2.59 bits per heavy atom. The lowest BCUT2D eigenvalue weighted by molar-refractivity contribution is 0.0905. The molecule has 0 saturated carbocycles. The molecule has 1 saturated heterocycles. The van der Waals surface area contributed by atoms with E-state index in [1.165, 1.54) is 23.7 Å². The van der Waals surface area contributed by atoms with Crippen LogP contribution in [0.15, 0.2) is 42.7 Å². The molecule has 0 aliphatic carbocycles. The van der Waals surface area contributed by atoms with Crippen LogP contribution in [0.25, 0.3) is 5.69 Å². The molecule has 1 amide bonds. The predicted octanol–water partition coefficient (Wildman–Crippen LogP) is 2.73. The molecular formula is C22H25ClN6O3. The van der Waals surface area contributed by atoms with E-state index >= 15 is 0 Å². The number of methoxy groups -OCH3 is 2. The SMILES string of the molecule is COc1ccccc1CN1CCC(NC(=O)c2cc(Cl)c(-n3cnnn3)cc2OC)CC1. The minimum atomic E-state index is -0.213. The van der Waals surface area contributed by atoms with Crippen LogP contribution < -0.4 is 14.8 Å². The fourth-order valence-corrected chi connectivity index (χ4v) is 4.16. The Kier molecular flexibility index (Phi) is 6.87. The van der Waals surface area contributed by atoms with E-state index in [2.05, 4.69) is 31.8 Å². The van der Waals surface area contributed by atoms with Crippen LogP contribution in [0.1, 0.15) is 28.8 Å². The lowest BCUT2D eigenvalue weighted by atomic mass is 10.0. The molecule has 0 bridgehead atoms. The molecule has 1 fully saturated rings. The first-order valence-corrected chi connectivity index (χ1v) is 10.7. The largest absolute Gasteiger partial charge is 0.496 e. The van der Waals surface area contributed by atoms with Gasteiger partial charge in [0.2, 0.25) is 0 Å². The third kappa shape index (κ3) is 4.84. The lowest BCUT2D eigenvalue weighted by Gasteiger charge is -2.32. The van der Waals surface area contributed by atoms with Crippen LogP contribution in [0, 0.1) is 0 Å². The maximum Gasteiger partial charge on any atom is 0.255 e. The molecule has 0 unspecified atom stereocenters. The summed E-state index contributed by atoms with van der Waals surface area (Å²) in [6.45, 7) is 2.60. The van der Waals surface area contributed by atoms with Gasteiger partial charge in [-0.3, -0.25) is 9.69 Å². The van der Waals surface area contributed by atoms with Gasteiger partial charge in [0, 0.05) is 37.3 Å². The van der Waals surface area contributed by atoms with E-state index in [4.69, 9.17) is 21.1 Å². The van der Waals surface area contributed by atoms with Gasteiger partial charge < -0.3 is 14.8 Å². The van der Waals surface area contributed by atoms with E-state index in [0.717, 1.165) is 38.2 Å². The Labute approximate surface area is 191 Å². The Morgan fingerprint density at radius 2 is 1.91 bits per heavy atom. The number of hydrogen-bond donors (Lipinski definition) is 1. The molecule has 168 valence electrons. The maximum absolute atomic E-state index is 13.0. The van der Waals surface area contributed by atoms with Gasteiger partial charge in [-0.05, 0) is 35.4 Å². The number of likely N-dealkylation sites (tertiary alicyclic amines) is 1. The number of ether oxygens (including phenoxy) is 2. The summed E-state index contributed by atoms with van der Waals surface area (Å²) in [6, 6.07) is 11.4. The van der Waals surface area contributed by atoms with E-state index in [-0.39, 0.29) is 11.9 Å². The second-order valence-electron chi connectivity index (χ2n) is 7.59. The van der Waals surface area contributed by atoms with Gasteiger partial charge in [0.15, 0.2) is 0 Å². The van der Waals surface area contributed by atoms with Gasteiger partial charge in [-0.1, -0.05) is 29.8 Å². The smallest absolute Gasteiger partial charge is 0.255 e. The molecule has 1 aliphatic heterocycles. The number of carbonyl (C=O) groups excluding carboxylic acids is 1. The number of piperidine rings is 1. The summed E-state index contributed by atoms with van der Waals surface area (Å²) >= 11 is 6.39. The Bertz CT molecular complexity index is 1070. The fourth-order valence-electron chi connectivity index (χ4n) is 3.91. The second-order valence-corrected chi connectivity index (χ2v) is 8.00. The van der Waals surface area contributed by atoms with E-state index in [1.54, 1.807) is 19.2 Å². The van der Waals surface area contributed by atoms with E-state index in [0.29, 0.717) is 22.0 Å². The molecule has 0 spiro atoms. The molecule has 2 aromatic carbocycles. The topological polar surface area (TPSA) is 94.4 Å². The van der Waals surface area contributed by atoms with Crippen LogP contribution in [0.2, 0.25) is 5.02 Å². The molecule has 1 aromatic heterocycles. The zero-order valence-electron chi connectivity index (χ0n) is 18.0. The zero-order valence-corrected chi connectivity index (χ0v) is 18.7. The Balaban J connectivity index is 1.38. The monoisotopic (exact) mass is 456 g/mol. The van der Waals surface area contributed by atoms with Crippen molar-refractivity contribution in [3.8, 4) is 17.2 Å². The predicted molar refractivity (Wildman–Crippen MR) is 119 cm³/mol. The summed E-state index contributed by atoms with van der Waals surface area (Å²) in [5.41, 5.74) is 2.08. The number of halogens is 1. The highest BCUT2D eigenvalue weighted by Crippen LogP contribution is 2.29. The summed E-state index contributed by atoms with van der Waals surface area (Å²) in [5.74, 6) is 1.10. The molecule has 1 aliphatic rings. The van der Waals surface area contributed by atoms with Gasteiger partial charge in [-0.2, -0.15) is 4.68 Å². The maximum atomic E-state index is 13.0. The van der Waals surface area contributed by atoms with Gasteiger partial charge >= 0.3 is 0 Å². The highest BCUT2D eigenvalue weighted by molar-refractivity contribution is 6.33. The Hall–Kier alpha value is -3.17. The van der Waals surface area contributed by atoms with E-state index in [9.17, 15) is 4.79 Å². The normalized spacial score (nSPS) is 14.8. The molecule has 3 aromatic rings. The van der Waals surface area contributed by atoms with Gasteiger partial charge in [-0.15, -0.1) is 5.10 Å². The van der Waals surface area contributed by atoms with Gasteiger partial charge in [0.25, 0.3) is 5.91 Å². The number of carbonyl (C=O) groups is 1. The second kappa shape index (κ2) is 9.97. The summed E-state index contributed by atoms with van der Waals surface area (Å²) in [4.78, 5) is 15.3. The van der Waals surface area contributed by atoms with Gasteiger partial charge in [0.05, 0.1) is 30.5 Å². The summed E-state index contributed by atoms with van der Waals surface area (Å²) in [5, 5.41) is 14.5. The number of aromatic nitrogens is 4. The number of hydrogen-bond acceptors (Lipinski definition) is 7. The van der Waals surface area contributed by atoms with Crippen molar-refractivity contribution in [2.24, 2.45) is 0 Å². The summed E-state index contributed by atoms with van der Waals surface area (Å²) in [7, 11) is 3.20. The molecular weight excluding hydrogens is 432 g/mol. The molecule has 2 heterocycles. The minimum Gasteiger partial charge on any atom is -0.496 e. The number of tetrazole rings is 1. The fraction of sp³-hybridized carbons (Fsp3) is 0.364.